The lowest BCUT2D eigenvalue weighted by Gasteiger charge is -2.33. The summed E-state index contributed by atoms with van der Waals surface area (Å²) >= 11 is 1.68. The van der Waals surface area contributed by atoms with Crippen LogP contribution in [0.3, 0.4) is 0 Å². The van der Waals surface area contributed by atoms with E-state index in [4.69, 9.17) is 9.47 Å². The lowest BCUT2D eigenvalue weighted by Crippen LogP contribution is -2.38. The minimum Gasteiger partial charge on any atom is -0.497 e. The molecular weight excluding hydrogens is 308 g/mol. The molecule has 118 valence electrons. The average molecular weight is 326 g/mol. The van der Waals surface area contributed by atoms with E-state index in [1.807, 2.05) is 17.6 Å². The summed E-state index contributed by atoms with van der Waals surface area (Å²) < 4.78 is 11.3. The van der Waals surface area contributed by atoms with Gasteiger partial charge in [-0.1, -0.05) is 18.2 Å². The quantitative estimate of drug-likeness (QED) is 0.731. The number of thiazole rings is 1. The van der Waals surface area contributed by atoms with Crippen molar-refractivity contribution in [2.24, 2.45) is 0 Å². The number of benzene rings is 2. The van der Waals surface area contributed by atoms with Crippen molar-refractivity contribution in [3.05, 3.63) is 53.5 Å². The fourth-order valence-corrected chi connectivity index (χ4v) is 3.65. The fourth-order valence-electron chi connectivity index (χ4n) is 2.97. The van der Waals surface area contributed by atoms with Gasteiger partial charge in [-0.25, -0.2) is 4.98 Å². The smallest absolute Gasteiger partial charge is 0.185 e. The summed E-state index contributed by atoms with van der Waals surface area (Å²) in [6, 6.07) is 12.7. The minimum atomic E-state index is 0.0825. The van der Waals surface area contributed by atoms with Gasteiger partial charge in [0.15, 0.2) is 5.13 Å². The zero-order valence-corrected chi connectivity index (χ0v) is 13.8. The Hall–Kier alpha value is -2.11. The molecule has 0 radical (unpaired) electrons. The Morgan fingerprint density at radius 3 is 2.91 bits per heavy atom. The average Bonchev–Trinajstić information content (AvgIpc) is 3.15. The molecule has 0 N–H and O–H groups in total. The van der Waals surface area contributed by atoms with Crippen molar-refractivity contribution in [3.63, 3.8) is 0 Å². The number of methoxy groups -OCH3 is 1. The van der Waals surface area contributed by atoms with E-state index in [0.717, 1.165) is 30.6 Å². The second-order valence-electron chi connectivity index (χ2n) is 5.59. The van der Waals surface area contributed by atoms with Gasteiger partial charge in [0, 0.05) is 18.1 Å². The van der Waals surface area contributed by atoms with Crippen LogP contribution in [0.15, 0.2) is 48.0 Å². The van der Waals surface area contributed by atoms with Crippen molar-refractivity contribution < 1.29 is 9.47 Å². The van der Waals surface area contributed by atoms with Gasteiger partial charge in [-0.3, -0.25) is 0 Å². The molecule has 0 saturated carbocycles. The van der Waals surface area contributed by atoms with E-state index in [9.17, 15) is 0 Å². The molecule has 1 atom stereocenters. The predicted molar refractivity (Wildman–Crippen MR) is 93.5 cm³/mol. The highest BCUT2D eigenvalue weighted by Gasteiger charge is 2.23. The lowest BCUT2D eigenvalue weighted by molar-refractivity contribution is 0.0399. The third-order valence-electron chi connectivity index (χ3n) is 4.20. The molecule has 1 fully saturated rings. The van der Waals surface area contributed by atoms with Crippen molar-refractivity contribution >= 4 is 27.2 Å². The van der Waals surface area contributed by atoms with E-state index < -0.39 is 0 Å². The van der Waals surface area contributed by atoms with E-state index in [-0.39, 0.29) is 6.10 Å². The molecule has 2 heterocycles. The molecule has 2 aromatic carbocycles. The Bertz CT molecular complexity index is 804. The lowest BCUT2D eigenvalue weighted by atomic mass is 10.0. The standard InChI is InChI=1S/C18H18N2O2S/c1-21-16-5-4-13-10-15(3-2-14(13)11-16)17-12-20(7-8-22-17)18-19-6-9-23-18/h2-6,9-11,17H,7-8,12H2,1H3. The zero-order valence-electron chi connectivity index (χ0n) is 12.9. The number of aromatic nitrogens is 1. The normalized spacial score (nSPS) is 18.3. The number of fused-ring (bicyclic) bond motifs is 1. The van der Waals surface area contributed by atoms with E-state index in [1.165, 1.54) is 16.3 Å². The molecule has 5 heteroatoms. The number of morpholine rings is 1. The van der Waals surface area contributed by atoms with Crippen LogP contribution >= 0.6 is 11.3 Å². The van der Waals surface area contributed by atoms with Gasteiger partial charge in [0.25, 0.3) is 0 Å². The SMILES string of the molecule is COc1ccc2cc(C3CN(c4nccs4)CCO3)ccc2c1. The van der Waals surface area contributed by atoms with Crippen LogP contribution in [-0.4, -0.2) is 31.8 Å². The molecule has 0 amide bonds. The van der Waals surface area contributed by atoms with Gasteiger partial charge < -0.3 is 14.4 Å². The van der Waals surface area contributed by atoms with Crippen LogP contribution < -0.4 is 9.64 Å². The Labute approximate surface area is 139 Å². The fraction of sp³-hybridized carbons (Fsp3) is 0.278. The van der Waals surface area contributed by atoms with Gasteiger partial charge in [-0.05, 0) is 34.5 Å². The van der Waals surface area contributed by atoms with Crippen LogP contribution in [0.5, 0.6) is 5.75 Å². The Balaban J connectivity index is 1.60. The van der Waals surface area contributed by atoms with Crippen molar-refractivity contribution in [2.45, 2.75) is 6.10 Å². The van der Waals surface area contributed by atoms with Gasteiger partial charge in [0.05, 0.1) is 20.3 Å². The molecule has 0 spiro atoms. The Morgan fingerprint density at radius 1 is 1.22 bits per heavy atom. The van der Waals surface area contributed by atoms with Gasteiger partial charge >= 0.3 is 0 Å². The molecule has 1 aliphatic rings. The summed E-state index contributed by atoms with van der Waals surface area (Å²) in [4.78, 5) is 6.71. The van der Waals surface area contributed by atoms with Gasteiger partial charge in [-0.15, -0.1) is 11.3 Å². The Kier molecular flexibility index (Phi) is 3.89. The zero-order chi connectivity index (χ0) is 15.6. The summed E-state index contributed by atoms with van der Waals surface area (Å²) in [7, 11) is 1.69. The largest absolute Gasteiger partial charge is 0.497 e. The molecule has 3 aromatic rings. The maximum Gasteiger partial charge on any atom is 0.185 e. The van der Waals surface area contributed by atoms with E-state index in [1.54, 1.807) is 18.4 Å². The van der Waals surface area contributed by atoms with Crippen LogP contribution in [0.25, 0.3) is 10.8 Å². The van der Waals surface area contributed by atoms with Crippen molar-refractivity contribution in [2.75, 3.05) is 31.7 Å². The molecule has 1 aromatic heterocycles. The summed E-state index contributed by atoms with van der Waals surface area (Å²) in [5.74, 6) is 0.883. The van der Waals surface area contributed by atoms with Gasteiger partial charge in [0.1, 0.15) is 11.9 Å². The van der Waals surface area contributed by atoms with Crippen molar-refractivity contribution in [3.8, 4) is 5.75 Å². The predicted octanol–water partition coefficient (Wildman–Crippen LogP) is 3.88. The van der Waals surface area contributed by atoms with Gasteiger partial charge in [0.2, 0.25) is 0 Å². The van der Waals surface area contributed by atoms with Crippen LogP contribution in [0.1, 0.15) is 11.7 Å². The van der Waals surface area contributed by atoms with Crippen LogP contribution in [0.4, 0.5) is 5.13 Å². The Morgan fingerprint density at radius 2 is 2.09 bits per heavy atom. The molecule has 1 aliphatic heterocycles. The first-order valence-electron chi connectivity index (χ1n) is 7.67. The van der Waals surface area contributed by atoms with Gasteiger partial charge in [-0.2, -0.15) is 0 Å². The second kappa shape index (κ2) is 6.18. The second-order valence-corrected chi connectivity index (χ2v) is 6.47. The molecule has 23 heavy (non-hydrogen) atoms. The first kappa shape index (κ1) is 14.5. The summed E-state index contributed by atoms with van der Waals surface area (Å²) in [5, 5.41) is 5.48. The highest BCUT2D eigenvalue weighted by Crippen LogP contribution is 2.30. The highest BCUT2D eigenvalue weighted by atomic mass is 32.1. The maximum absolute atomic E-state index is 6.00. The van der Waals surface area contributed by atoms with Crippen molar-refractivity contribution in [1.82, 2.24) is 4.98 Å². The van der Waals surface area contributed by atoms with Crippen LogP contribution in [0, 0.1) is 0 Å². The number of anilines is 1. The molecule has 4 nitrogen and oxygen atoms in total. The molecular formula is C18H18N2O2S. The number of ether oxygens (including phenoxy) is 2. The summed E-state index contributed by atoms with van der Waals surface area (Å²) in [5.41, 5.74) is 1.21. The number of rotatable bonds is 3. The van der Waals surface area contributed by atoms with Crippen LogP contribution in [-0.2, 0) is 4.74 Å². The number of nitrogens with zero attached hydrogens (tertiary/aromatic N) is 2. The topological polar surface area (TPSA) is 34.6 Å². The molecule has 1 saturated heterocycles. The first-order valence-corrected chi connectivity index (χ1v) is 8.55. The first-order chi connectivity index (χ1) is 11.3. The number of hydrogen-bond donors (Lipinski definition) is 0. The monoisotopic (exact) mass is 326 g/mol. The molecule has 1 unspecified atom stereocenters. The summed E-state index contributed by atoms with van der Waals surface area (Å²) in [6.45, 7) is 2.47. The number of hydrogen-bond acceptors (Lipinski definition) is 5. The molecule has 4 rings (SSSR count). The minimum absolute atomic E-state index is 0.0825. The van der Waals surface area contributed by atoms with E-state index >= 15 is 0 Å². The molecule has 0 bridgehead atoms. The highest BCUT2D eigenvalue weighted by molar-refractivity contribution is 7.13. The summed E-state index contributed by atoms with van der Waals surface area (Å²) in [6.07, 6.45) is 1.94. The van der Waals surface area contributed by atoms with Crippen molar-refractivity contribution in [1.29, 1.82) is 0 Å². The van der Waals surface area contributed by atoms with E-state index in [2.05, 4.69) is 40.2 Å². The van der Waals surface area contributed by atoms with Crippen LogP contribution in [0.2, 0.25) is 0 Å². The maximum atomic E-state index is 6.00. The molecule has 0 aliphatic carbocycles. The third kappa shape index (κ3) is 2.90. The third-order valence-corrected chi connectivity index (χ3v) is 5.03. The van der Waals surface area contributed by atoms with E-state index in [0.29, 0.717) is 0 Å².